The van der Waals surface area contributed by atoms with Crippen molar-refractivity contribution >= 4 is 0 Å². The highest BCUT2D eigenvalue weighted by atomic mass is 15.3. The summed E-state index contributed by atoms with van der Waals surface area (Å²) in [6.07, 6.45) is 3.09. The number of hydrogen-bond acceptors (Lipinski definition) is 2. The minimum absolute atomic E-state index is 0.919. The highest BCUT2D eigenvalue weighted by Gasteiger charge is 2.15. The third kappa shape index (κ3) is 1.76. The Balaban J connectivity index is 2.09. The van der Waals surface area contributed by atoms with E-state index in [1.165, 1.54) is 22.4 Å². The van der Waals surface area contributed by atoms with Gasteiger partial charge in [-0.15, -0.1) is 0 Å². The Hall–Kier alpha value is -1.61. The van der Waals surface area contributed by atoms with Gasteiger partial charge in [-0.2, -0.15) is 5.10 Å². The molecule has 0 aliphatic carbocycles. The fourth-order valence-corrected chi connectivity index (χ4v) is 2.31. The van der Waals surface area contributed by atoms with E-state index in [2.05, 4.69) is 47.1 Å². The summed E-state index contributed by atoms with van der Waals surface area (Å²) in [5, 5.41) is 7.92. The van der Waals surface area contributed by atoms with Gasteiger partial charge in [-0.05, 0) is 55.6 Å². The van der Waals surface area contributed by atoms with Gasteiger partial charge in [-0.3, -0.25) is 0 Å². The number of benzene rings is 1. The SMILES string of the molecule is Cc1ccc(-n2ncc3c2CNCC3)cc1C. The molecule has 3 rings (SSSR count). The van der Waals surface area contributed by atoms with Crippen molar-refractivity contribution in [3.8, 4) is 5.69 Å². The van der Waals surface area contributed by atoms with Crippen LogP contribution in [0.2, 0.25) is 0 Å². The van der Waals surface area contributed by atoms with Gasteiger partial charge in [0.1, 0.15) is 0 Å². The van der Waals surface area contributed by atoms with Crippen LogP contribution in [-0.2, 0) is 13.0 Å². The first-order valence-electron chi connectivity index (χ1n) is 6.10. The van der Waals surface area contributed by atoms with Gasteiger partial charge in [0.15, 0.2) is 0 Å². The van der Waals surface area contributed by atoms with Crippen LogP contribution in [0.25, 0.3) is 5.69 Å². The fraction of sp³-hybridized carbons (Fsp3) is 0.357. The minimum atomic E-state index is 0.919. The van der Waals surface area contributed by atoms with Crippen molar-refractivity contribution in [3.05, 3.63) is 46.8 Å². The van der Waals surface area contributed by atoms with Gasteiger partial charge in [-0.25, -0.2) is 4.68 Å². The van der Waals surface area contributed by atoms with E-state index >= 15 is 0 Å². The summed E-state index contributed by atoms with van der Waals surface area (Å²) < 4.78 is 2.06. The number of nitrogens with zero attached hydrogens (tertiary/aromatic N) is 2. The van der Waals surface area contributed by atoms with Crippen molar-refractivity contribution in [1.29, 1.82) is 0 Å². The lowest BCUT2D eigenvalue weighted by atomic mass is 10.1. The van der Waals surface area contributed by atoms with Gasteiger partial charge in [0.25, 0.3) is 0 Å². The van der Waals surface area contributed by atoms with E-state index < -0.39 is 0 Å². The van der Waals surface area contributed by atoms with Crippen LogP contribution in [0.15, 0.2) is 24.4 Å². The van der Waals surface area contributed by atoms with Crippen LogP contribution in [0.3, 0.4) is 0 Å². The molecule has 1 aromatic heterocycles. The van der Waals surface area contributed by atoms with E-state index in [9.17, 15) is 0 Å². The molecular weight excluding hydrogens is 210 g/mol. The van der Waals surface area contributed by atoms with E-state index in [-0.39, 0.29) is 0 Å². The second-order valence-corrected chi connectivity index (χ2v) is 4.72. The van der Waals surface area contributed by atoms with Gasteiger partial charge in [0.2, 0.25) is 0 Å². The van der Waals surface area contributed by atoms with E-state index in [1.54, 1.807) is 0 Å². The van der Waals surface area contributed by atoms with Gasteiger partial charge in [-0.1, -0.05) is 6.07 Å². The number of aryl methyl sites for hydroxylation is 2. The zero-order valence-corrected chi connectivity index (χ0v) is 10.3. The van der Waals surface area contributed by atoms with Crippen molar-refractivity contribution < 1.29 is 0 Å². The molecule has 0 fully saturated rings. The lowest BCUT2D eigenvalue weighted by Gasteiger charge is -2.15. The molecule has 17 heavy (non-hydrogen) atoms. The van der Waals surface area contributed by atoms with Crippen molar-refractivity contribution in [2.75, 3.05) is 6.54 Å². The Labute approximate surface area is 101 Å². The first-order chi connectivity index (χ1) is 8.25. The predicted octanol–water partition coefficient (Wildman–Crippen LogP) is 2.13. The molecule has 2 aromatic rings. The number of rotatable bonds is 1. The Morgan fingerprint density at radius 3 is 2.94 bits per heavy atom. The molecule has 0 amide bonds. The van der Waals surface area contributed by atoms with Crippen LogP contribution in [0.5, 0.6) is 0 Å². The van der Waals surface area contributed by atoms with Gasteiger partial charge in [0.05, 0.1) is 17.6 Å². The predicted molar refractivity (Wildman–Crippen MR) is 68.4 cm³/mol. The lowest BCUT2D eigenvalue weighted by Crippen LogP contribution is -2.24. The van der Waals surface area contributed by atoms with Crippen molar-refractivity contribution in [2.45, 2.75) is 26.8 Å². The molecular formula is C14H17N3. The van der Waals surface area contributed by atoms with Crippen LogP contribution in [-0.4, -0.2) is 16.3 Å². The molecule has 3 heteroatoms. The molecule has 88 valence electrons. The highest BCUT2D eigenvalue weighted by Crippen LogP contribution is 2.19. The van der Waals surface area contributed by atoms with E-state index in [0.29, 0.717) is 0 Å². The maximum Gasteiger partial charge on any atom is 0.0652 e. The molecule has 0 radical (unpaired) electrons. The topological polar surface area (TPSA) is 29.9 Å². The average Bonchev–Trinajstić information content (AvgIpc) is 2.76. The molecule has 0 unspecified atom stereocenters. The smallest absolute Gasteiger partial charge is 0.0652 e. The first-order valence-corrected chi connectivity index (χ1v) is 6.10. The zero-order chi connectivity index (χ0) is 11.8. The second-order valence-electron chi connectivity index (χ2n) is 4.72. The molecule has 1 aliphatic heterocycles. The van der Waals surface area contributed by atoms with Crippen molar-refractivity contribution in [3.63, 3.8) is 0 Å². The van der Waals surface area contributed by atoms with E-state index in [4.69, 9.17) is 0 Å². The lowest BCUT2D eigenvalue weighted by molar-refractivity contribution is 0.614. The molecule has 0 atom stereocenters. The van der Waals surface area contributed by atoms with Gasteiger partial charge >= 0.3 is 0 Å². The molecule has 0 saturated carbocycles. The normalized spacial score (nSPS) is 14.7. The van der Waals surface area contributed by atoms with E-state index in [0.717, 1.165) is 25.2 Å². The molecule has 1 N–H and O–H groups in total. The molecule has 1 aromatic carbocycles. The quantitative estimate of drug-likeness (QED) is 0.809. The summed E-state index contributed by atoms with van der Waals surface area (Å²) in [5.41, 5.74) is 6.49. The Morgan fingerprint density at radius 2 is 2.12 bits per heavy atom. The Kier molecular flexibility index (Phi) is 2.48. The maximum atomic E-state index is 4.52. The molecule has 2 heterocycles. The van der Waals surface area contributed by atoms with Crippen LogP contribution < -0.4 is 5.32 Å². The third-order valence-corrected chi connectivity index (χ3v) is 3.55. The highest BCUT2D eigenvalue weighted by molar-refractivity contribution is 5.41. The summed E-state index contributed by atoms with van der Waals surface area (Å²) in [5.74, 6) is 0. The molecule has 1 aliphatic rings. The van der Waals surface area contributed by atoms with Crippen LogP contribution in [0, 0.1) is 13.8 Å². The van der Waals surface area contributed by atoms with Crippen LogP contribution in [0.1, 0.15) is 22.4 Å². The van der Waals surface area contributed by atoms with Gasteiger partial charge < -0.3 is 5.32 Å². The zero-order valence-electron chi connectivity index (χ0n) is 10.3. The Bertz CT molecular complexity index is 555. The Morgan fingerprint density at radius 1 is 1.24 bits per heavy atom. The number of aromatic nitrogens is 2. The summed E-state index contributed by atoms with van der Waals surface area (Å²) in [4.78, 5) is 0. The molecule has 0 saturated heterocycles. The summed E-state index contributed by atoms with van der Waals surface area (Å²) in [6, 6.07) is 6.51. The largest absolute Gasteiger partial charge is 0.311 e. The fourth-order valence-electron chi connectivity index (χ4n) is 2.31. The number of fused-ring (bicyclic) bond motifs is 1. The van der Waals surface area contributed by atoms with E-state index in [1.807, 2.05) is 6.20 Å². The van der Waals surface area contributed by atoms with Gasteiger partial charge in [0, 0.05) is 6.54 Å². The first kappa shape index (κ1) is 10.5. The third-order valence-electron chi connectivity index (χ3n) is 3.55. The summed E-state index contributed by atoms with van der Waals surface area (Å²) >= 11 is 0. The maximum absolute atomic E-state index is 4.52. The van der Waals surface area contributed by atoms with Crippen LogP contribution >= 0.6 is 0 Å². The molecule has 3 nitrogen and oxygen atoms in total. The number of nitrogens with one attached hydrogen (secondary N) is 1. The molecule has 0 bridgehead atoms. The van der Waals surface area contributed by atoms with Crippen molar-refractivity contribution in [2.24, 2.45) is 0 Å². The summed E-state index contributed by atoms with van der Waals surface area (Å²) in [7, 11) is 0. The minimum Gasteiger partial charge on any atom is -0.311 e. The average molecular weight is 227 g/mol. The van der Waals surface area contributed by atoms with Crippen LogP contribution in [0.4, 0.5) is 0 Å². The molecule has 0 spiro atoms. The van der Waals surface area contributed by atoms with Crippen molar-refractivity contribution in [1.82, 2.24) is 15.1 Å². The second kappa shape index (κ2) is 4.00. The number of hydrogen-bond donors (Lipinski definition) is 1. The monoisotopic (exact) mass is 227 g/mol. The summed E-state index contributed by atoms with van der Waals surface area (Å²) in [6.45, 7) is 6.26. The standard InChI is InChI=1S/C14H17N3/c1-10-3-4-13(7-11(10)2)17-14-9-15-6-5-12(14)8-16-17/h3-4,7-8,15H,5-6,9H2,1-2H3.